The minimum absolute atomic E-state index is 0.180. The highest BCUT2D eigenvalue weighted by molar-refractivity contribution is 5.89. The number of amides is 2. The molecule has 2 aromatic carbocycles. The number of hydrogen-bond donors (Lipinski definition) is 3. The monoisotopic (exact) mass is 554 g/mol. The molecule has 2 amide bonds. The van der Waals surface area contributed by atoms with Gasteiger partial charge in [-0.25, -0.2) is 18.3 Å². The normalized spacial score (nSPS) is 20.1. The van der Waals surface area contributed by atoms with Crippen LogP contribution in [0, 0.1) is 11.6 Å². The summed E-state index contributed by atoms with van der Waals surface area (Å²) in [6.45, 7) is 4.54. The van der Waals surface area contributed by atoms with Crippen molar-refractivity contribution in [1.82, 2.24) is 25.3 Å². The van der Waals surface area contributed by atoms with Gasteiger partial charge < -0.3 is 20.1 Å². The van der Waals surface area contributed by atoms with E-state index >= 15 is 0 Å². The van der Waals surface area contributed by atoms with E-state index in [-0.39, 0.29) is 18.1 Å². The van der Waals surface area contributed by atoms with E-state index in [4.69, 9.17) is 14.6 Å². The number of anilines is 1. The largest absolute Gasteiger partial charge is 0.383 e. The Morgan fingerprint density at radius 3 is 2.62 bits per heavy atom. The number of nitrogens with zero attached hydrogens (tertiary/aromatic N) is 3. The van der Waals surface area contributed by atoms with Crippen molar-refractivity contribution in [3.63, 3.8) is 0 Å². The SMILES string of the molecule is COCCN1CC(NC(=O)Nc2cc(COC3CCNCC3)nn2-c2ccccc2)C(c2ccc(F)c(F)c2)C1. The maximum atomic E-state index is 14.1. The molecule has 3 heterocycles. The molecule has 2 aliphatic rings. The van der Waals surface area contributed by atoms with Crippen LogP contribution in [0.4, 0.5) is 19.4 Å². The highest BCUT2D eigenvalue weighted by atomic mass is 19.2. The maximum absolute atomic E-state index is 14.1. The molecule has 2 saturated heterocycles. The number of rotatable bonds is 10. The van der Waals surface area contributed by atoms with Crippen molar-refractivity contribution in [1.29, 1.82) is 0 Å². The lowest BCUT2D eigenvalue weighted by Gasteiger charge is -2.22. The van der Waals surface area contributed by atoms with Crippen molar-refractivity contribution in [2.45, 2.75) is 37.5 Å². The van der Waals surface area contributed by atoms with Crippen LogP contribution in [0.15, 0.2) is 54.6 Å². The van der Waals surface area contributed by atoms with Crippen LogP contribution < -0.4 is 16.0 Å². The van der Waals surface area contributed by atoms with Crippen molar-refractivity contribution in [2.24, 2.45) is 0 Å². The Labute approximate surface area is 232 Å². The van der Waals surface area contributed by atoms with Crippen LogP contribution in [0.25, 0.3) is 5.69 Å². The lowest BCUT2D eigenvalue weighted by atomic mass is 9.94. The number of para-hydroxylation sites is 1. The summed E-state index contributed by atoms with van der Waals surface area (Å²) in [6.07, 6.45) is 2.09. The number of halogens is 2. The van der Waals surface area contributed by atoms with E-state index in [0.717, 1.165) is 37.7 Å². The Balaban J connectivity index is 1.31. The van der Waals surface area contributed by atoms with Crippen molar-refractivity contribution in [3.8, 4) is 5.69 Å². The van der Waals surface area contributed by atoms with Gasteiger partial charge in [0.05, 0.1) is 36.7 Å². The molecule has 2 unspecified atom stereocenters. The Kier molecular flexibility index (Phi) is 9.38. The van der Waals surface area contributed by atoms with Crippen LogP contribution >= 0.6 is 0 Å². The second-order valence-electron chi connectivity index (χ2n) is 10.3. The third kappa shape index (κ3) is 7.03. The number of carbonyl (C=O) groups is 1. The van der Waals surface area contributed by atoms with Gasteiger partial charge in [0.25, 0.3) is 0 Å². The first-order valence-corrected chi connectivity index (χ1v) is 13.7. The summed E-state index contributed by atoms with van der Waals surface area (Å²) in [4.78, 5) is 15.4. The standard InChI is InChI=1S/C29H36F2N6O3/c1-39-14-13-36-17-24(20-7-8-25(30)26(31)15-20)27(18-36)33-29(38)34-28-16-21(19-40-23-9-11-32-12-10-23)35-37(28)22-5-3-2-4-6-22/h2-8,15-16,23-24,27,32H,9-14,17-19H2,1H3,(H2,33,34,38). The molecular weight excluding hydrogens is 518 g/mol. The van der Waals surface area contributed by atoms with E-state index in [9.17, 15) is 13.6 Å². The molecule has 0 bridgehead atoms. The molecule has 0 radical (unpaired) electrons. The quantitative estimate of drug-likeness (QED) is 0.354. The number of likely N-dealkylation sites (tertiary alicyclic amines) is 1. The molecule has 0 aliphatic carbocycles. The summed E-state index contributed by atoms with van der Waals surface area (Å²) in [7, 11) is 1.63. The third-order valence-electron chi connectivity index (χ3n) is 7.45. The van der Waals surface area contributed by atoms with Gasteiger partial charge in [0.1, 0.15) is 5.82 Å². The Bertz CT molecular complexity index is 1270. The lowest BCUT2D eigenvalue weighted by molar-refractivity contribution is 0.0194. The molecule has 11 heteroatoms. The minimum Gasteiger partial charge on any atom is -0.383 e. The zero-order valence-electron chi connectivity index (χ0n) is 22.6. The Morgan fingerprint density at radius 1 is 1.07 bits per heavy atom. The zero-order chi connectivity index (χ0) is 27.9. The number of benzene rings is 2. The van der Waals surface area contributed by atoms with E-state index in [2.05, 4.69) is 20.9 Å². The molecule has 2 aliphatic heterocycles. The van der Waals surface area contributed by atoms with Crippen LogP contribution in [0.3, 0.4) is 0 Å². The molecule has 3 N–H and O–H groups in total. The minimum atomic E-state index is -0.901. The van der Waals surface area contributed by atoms with Crippen molar-refractivity contribution in [2.75, 3.05) is 51.8 Å². The molecule has 40 heavy (non-hydrogen) atoms. The average Bonchev–Trinajstić information content (AvgIpc) is 3.56. The lowest BCUT2D eigenvalue weighted by Crippen LogP contribution is -2.42. The summed E-state index contributed by atoms with van der Waals surface area (Å²) in [5.41, 5.74) is 2.15. The van der Waals surface area contributed by atoms with E-state index in [0.29, 0.717) is 49.9 Å². The molecule has 214 valence electrons. The van der Waals surface area contributed by atoms with Gasteiger partial charge in [0.2, 0.25) is 0 Å². The molecule has 2 atom stereocenters. The first kappa shape index (κ1) is 28.2. The van der Waals surface area contributed by atoms with E-state index < -0.39 is 17.7 Å². The molecule has 9 nitrogen and oxygen atoms in total. The Morgan fingerprint density at radius 2 is 1.88 bits per heavy atom. The molecule has 0 spiro atoms. The summed E-state index contributed by atoms with van der Waals surface area (Å²) in [5, 5.41) is 14.1. The van der Waals surface area contributed by atoms with Crippen LogP contribution in [0.5, 0.6) is 0 Å². The summed E-state index contributed by atoms with van der Waals surface area (Å²) < 4.78 is 40.7. The van der Waals surface area contributed by atoms with Crippen molar-refractivity contribution in [3.05, 3.63) is 77.5 Å². The second-order valence-corrected chi connectivity index (χ2v) is 10.3. The third-order valence-corrected chi connectivity index (χ3v) is 7.45. The van der Waals surface area contributed by atoms with Gasteiger partial charge in [0, 0.05) is 38.7 Å². The number of nitrogens with one attached hydrogen (secondary N) is 3. The van der Waals surface area contributed by atoms with Gasteiger partial charge in [-0.1, -0.05) is 24.3 Å². The second kappa shape index (κ2) is 13.3. The highest BCUT2D eigenvalue weighted by Gasteiger charge is 2.35. The summed E-state index contributed by atoms with van der Waals surface area (Å²) in [6, 6.07) is 14.6. The van der Waals surface area contributed by atoms with Crippen LogP contribution in [-0.2, 0) is 16.1 Å². The predicted octanol–water partition coefficient (Wildman–Crippen LogP) is 3.66. The van der Waals surface area contributed by atoms with Crippen LogP contribution in [0.1, 0.15) is 30.0 Å². The topological polar surface area (TPSA) is 92.7 Å². The summed E-state index contributed by atoms with van der Waals surface area (Å²) in [5.74, 6) is -1.51. The number of aromatic nitrogens is 2. The van der Waals surface area contributed by atoms with Gasteiger partial charge in [-0.05, 0) is 55.8 Å². The average molecular weight is 555 g/mol. The van der Waals surface area contributed by atoms with E-state index in [1.807, 2.05) is 36.4 Å². The fraction of sp³-hybridized carbons (Fsp3) is 0.448. The molecule has 3 aromatic rings. The maximum Gasteiger partial charge on any atom is 0.320 e. The first-order valence-electron chi connectivity index (χ1n) is 13.7. The number of piperidine rings is 1. The van der Waals surface area contributed by atoms with Gasteiger partial charge in [0.15, 0.2) is 11.6 Å². The smallest absolute Gasteiger partial charge is 0.320 e. The van der Waals surface area contributed by atoms with Gasteiger partial charge in [-0.15, -0.1) is 0 Å². The fourth-order valence-electron chi connectivity index (χ4n) is 5.36. The van der Waals surface area contributed by atoms with Crippen molar-refractivity contribution >= 4 is 11.8 Å². The number of methoxy groups -OCH3 is 1. The molecule has 0 saturated carbocycles. The van der Waals surface area contributed by atoms with Crippen LogP contribution in [-0.4, -0.2) is 79.3 Å². The van der Waals surface area contributed by atoms with E-state index in [1.165, 1.54) is 6.07 Å². The highest BCUT2D eigenvalue weighted by Crippen LogP contribution is 2.29. The number of urea groups is 1. The predicted molar refractivity (Wildman–Crippen MR) is 148 cm³/mol. The number of carbonyl (C=O) groups excluding carboxylic acids is 1. The summed E-state index contributed by atoms with van der Waals surface area (Å²) >= 11 is 0. The van der Waals surface area contributed by atoms with Gasteiger partial charge >= 0.3 is 6.03 Å². The molecular formula is C29H36F2N6O3. The first-order chi connectivity index (χ1) is 19.5. The molecule has 2 fully saturated rings. The van der Waals surface area contributed by atoms with Crippen molar-refractivity contribution < 1.29 is 23.0 Å². The number of ether oxygens (including phenoxy) is 2. The van der Waals surface area contributed by atoms with Gasteiger partial charge in [-0.2, -0.15) is 5.10 Å². The molecule has 5 rings (SSSR count). The van der Waals surface area contributed by atoms with E-state index in [1.54, 1.807) is 17.9 Å². The molecule has 1 aromatic heterocycles. The fourth-order valence-corrected chi connectivity index (χ4v) is 5.36. The van der Waals surface area contributed by atoms with Crippen LogP contribution in [0.2, 0.25) is 0 Å². The van der Waals surface area contributed by atoms with Gasteiger partial charge in [-0.3, -0.25) is 10.2 Å². The Hall–Kier alpha value is -3.38. The number of hydrogen-bond acceptors (Lipinski definition) is 6. The zero-order valence-corrected chi connectivity index (χ0v) is 22.6.